The number of primary sulfonamides is 1. The number of rotatable bonds is 5. The first-order valence-electron chi connectivity index (χ1n) is 5.77. The number of nitrogens with one attached hydrogen (secondary N) is 2. The number of sulfonamides is 1. The molecule has 1 amide bonds. The molecule has 2 atom stereocenters. The van der Waals surface area contributed by atoms with Crippen LogP contribution >= 0.6 is 0 Å². The molecule has 0 aliphatic rings. The summed E-state index contributed by atoms with van der Waals surface area (Å²) >= 11 is 0. The van der Waals surface area contributed by atoms with Gasteiger partial charge in [-0.05, 0) is 18.9 Å². The Morgan fingerprint density at radius 3 is 2.56 bits per heavy atom. The van der Waals surface area contributed by atoms with Gasteiger partial charge in [0.1, 0.15) is 5.69 Å². The van der Waals surface area contributed by atoms with Gasteiger partial charge < -0.3 is 10.3 Å². The van der Waals surface area contributed by atoms with Crippen LogP contribution in [0, 0.1) is 5.92 Å². The summed E-state index contributed by atoms with van der Waals surface area (Å²) in [4.78, 5) is 14.3. The molecule has 1 heterocycles. The summed E-state index contributed by atoms with van der Waals surface area (Å²) in [6.45, 7) is 5.99. The Balaban J connectivity index is 2.77. The summed E-state index contributed by atoms with van der Waals surface area (Å²) < 4.78 is 22.1. The van der Waals surface area contributed by atoms with Crippen molar-refractivity contribution in [2.75, 3.05) is 0 Å². The summed E-state index contributed by atoms with van der Waals surface area (Å²) in [5.41, 5.74) is 0.189. The van der Waals surface area contributed by atoms with Gasteiger partial charge in [0.25, 0.3) is 5.91 Å². The third kappa shape index (κ3) is 3.58. The summed E-state index contributed by atoms with van der Waals surface area (Å²) in [6.07, 6.45) is 2.16. The smallest absolute Gasteiger partial charge is 0.267 e. The number of nitrogens with two attached hydrogens (primary N) is 1. The highest BCUT2D eigenvalue weighted by Gasteiger charge is 2.18. The van der Waals surface area contributed by atoms with Crippen molar-refractivity contribution in [2.45, 2.75) is 38.1 Å². The van der Waals surface area contributed by atoms with E-state index < -0.39 is 10.0 Å². The Morgan fingerprint density at radius 1 is 1.50 bits per heavy atom. The van der Waals surface area contributed by atoms with Crippen molar-refractivity contribution in [2.24, 2.45) is 11.1 Å². The quantitative estimate of drug-likeness (QED) is 0.739. The van der Waals surface area contributed by atoms with Gasteiger partial charge in [-0.15, -0.1) is 0 Å². The zero-order chi connectivity index (χ0) is 13.9. The molecule has 0 aliphatic carbocycles. The van der Waals surface area contributed by atoms with E-state index >= 15 is 0 Å². The summed E-state index contributed by atoms with van der Waals surface area (Å²) in [5.74, 6) is 0.0133. The molecule has 0 spiro atoms. The standard InChI is InChI=1S/C11H19N3O3S/c1-4-7(2)8(3)14-11(15)10-5-9(6-13-10)18(12,16)17/h5-8,13H,4H2,1-3H3,(H,14,15)(H2,12,16,17). The van der Waals surface area contributed by atoms with Crippen molar-refractivity contribution in [1.29, 1.82) is 0 Å². The first-order chi connectivity index (χ1) is 8.25. The van der Waals surface area contributed by atoms with Crippen molar-refractivity contribution >= 4 is 15.9 Å². The van der Waals surface area contributed by atoms with Crippen LogP contribution in [0.1, 0.15) is 37.7 Å². The predicted molar refractivity (Wildman–Crippen MR) is 68.5 cm³/mol. The molecule has 0 saturated heterocycles. The minimum atomic E-state index is -3.78. The summed E-state index contributed by atoms with van der Waals surface area (Å²) in [5, 5.41) is 7.77. The number of hydrogen-bond donors (Lipinski definition) is 3. The van der Waals surface area contributed by atoms with E-state index in [1.807, 2.05) is 20.8 Å². The van der Waals surface area contributed by atoms with Crippen LogP contribution in [0.15, 0.2) is 17.2 Å². The van der Waals surface area contributed by atoms with Crippen LogP contribution in [-0.4, -0.2) is 25.4 Å². The zero-order valence-electron chi connectivity index (χ0n) is 10.7. The molecule has 0 aromatic carbocycles. The minimum absolute atomic E-state index is 0.0173. The van der Waals surface area contributed by atoms with Crippen molar-refractivity contribution in [3.05, 3.63) is 18.0 Å². The number of H-pyrrole nitrogens is 1. The third-order valence-electron chi connectivity index (χ3n) is 3.09. The second-order valence-electron chi connectivity index (χ2n) is 4.44. The fourth-order valence-electron chi connectivity index (χ4n) is 1.45. The number of aromatic nitrogens is 1. The Bertz CT molecular complexity index is 521. The lowest BCUT2D eigenvalue weighted by Crippen LogP contribution is -2.37. The summed E-state index contributed by atoms with van der Waals surface area (Å²) in [7, 11) is -3.78. The molecular weight excluding hydrogens is 254 g/mol. The van der Waals surface area contributed by atoms with Gasteiger partial charge in [-0.1, -0.05) is 20.3 Å². The van der Waals surface area contributed by atoms with Crippen molar-refractivity contribution < 1.29 is 13.2 Å². The average Bonchev–Trinajstić information content (AvgIpc) is 2.76. The second-order valence-corrected chi connectivity index (χ2v) is 6.00. The van der Waals surface area contributed by atoms with E-state index in [2.05, 4.69) is 10.3 Å². The number of hydrogen-bond acceptors (Lipinski definition) is 3. The molecule has 2 unspecified atom stereocenters. The van der Waals surface area contributed by atoms with Crippen LogP contribution in [0.4, 0.5) is 0 Å². The molecule has 0 bridgehead atoms. The van der Waals surface area contributed by atoms with Gasteiger partial charge in [0.15, 0.2) is 0 Å². The fraction of sp³-hybridized carbons (Fsp3) is 0.545. The maximum atomic E-state index is 11.8. The van der Waals surface area contributed by atoms with E-state index in [0.29, 0.717) is 5.92 Å². The SMILES string of the molecule is CCC(C)C(C)NC(=O)c1cc(S(N)(=O)=O)c[nH]1. The molecule has 4 N–H and O–H groups in total. The molecule has 7 heteroatoms. The highest BCUT2D eigenvalue weighted by atomic mass is 32.2. The van der Waals surface area contributed by atoms with Crippen LogP contribution in [0.5, 0.6) is 0 Å². The van der Waals surface area contributed by atoms with Gasteiger partial charge in [-0.25, -0.2) is 13.6 Å². The van der Waals surface area contributed by atoms with E-state index in [-0.39, 0.29) is 22.5 Å². The molecule has 1 aromatic heterocycles. The largest absolute Gasteiger partial charge is 0.356 e. The van der Waals surface area contributed by atoms with Gasteiger partial charge in [-0.3, -0.25) is 4.79 Å². The Labute approximate surface area is 107 Å². The number of aromatic amines is 1. The van der Waals surface area contributed by atoms with E-state index in [4.69, 9.17) is 5.14 Å². The monoisotopic (exact) mass is 273 g/mol. The van der Waals surface area contributed by atoms with E-state index in [0.717, 1.165) is 6.42 Å². The Hall–Kier alpha value is -1.34. The lowest BCUT2D eigenvalue weighted by molar-refractivity contribution is 0.0923. The highest BCUT2D eigenvalue weighted by Crippen LogP contribution is 2.11. The normalized spacial score (nSPS) is 15.1. The van der Waals surface area contributed by atoms with Crippen LogP contribution in [0.3, 0.4) is 0 Å². The van der Waals surface area contributed by atoms with Crippen molar-refractivity contribution in [1.82, 2.24) is 10.3 Å². The minimum Gasteiger partial charge on any atom is -0.356 e. The molecule has 0 aliphatic heterocycles. The molecule has 1 rings (SSSR count). The maximum Gasteiger partial charge on any atom is 0.267 e. The van der Waals surface area contributed by atoms with Gasteiger partial charge in [0.05, 0.1) is 4.90 Å². The lowest BCUT2D eigenvalue weighted by Gasteiger charge is -2.19. The van der Waals surface area contributed by atoms with Gasteiger partial charge >= 0.3 is 0 Å². The molecule has 102 valence electrons. The summed E-state index contributed by atoms with van der Waals surface area (Å²) in [6, 6.07) is 1.25. The van der Waals surface area contributed by atoms with Crippen LogP contribution in [0.25, 0.3) is 0 Å². The predicted octanol–water partition coefficient (Wildman–Crippen LogP) is 0.827. The van der Waals surface area contributed by atoms with Gasteiger partial charge in [-0.2, -0.15) is 0 Å². The third-order valence-corrected chi connectivity index (χ3v) is 3.98. The number of amides is 1. The molecule has 0 saturated carbocycles. The molecule has 6 nitrogen and oxygen atoms in total. The van der Waals surface area contributed by atoms with Gasteiger partial charge in [0.2, 0.25) is 10.0 Å². The fourth-order valence-corrected chi connectivity index (χ4v) is 1.96. The molecule has 0 radical (unpaired) electrons. The zero-order valence-corrected chi connectivity index (χ0v) is 11.5. The van der Waals surface area contributed by atoms with Crippen LogP contribution in [0.2, 0.25) is 0 Å². The molecular formula is C11H19N3O3S. The molecule has 1 aromatic rings. The first kappa shape index (κ1) is 14.7. The van der Waals surface area contributed by atoms with E-state index in [1.165, 1.54) is 12.3 Å². The Kier molecular flexibility index (Phi) is 4.53. The Morgan fingerprint density at radius 2 is 2.11 bits per heavy atom. The maximum absolute atomic E-state index is 11.8. The topological polar surface area (TPSA) is 105 Å². The van der Waals surface area contributed by atoms with Crippen LogP contribution in [-0.2, 0) is 10.0 Å². The van der Waals surface area contributed by atoms with E-state index in [9.17, 15) is 13.2 Å². The van der Waals surface area contributed by atoms with Gasteiger partial charge in [0, 0.05) is 12.2 Å². The highest BCUT2D eigenvalue weighted by molar-refractivity contribution is 7.89. The number of carbonyl (C=O) groups is 1. The first-order valence-corrected chi connectivity index (χ1v) is 7.32. The van der Waals surface area contributed by atoms with Crippen LogP contribution < -0.4 is 10.5 Å². The molecule has 18 heavy (non-hydrogen) atoms. The van der Waals surface area contributed by atoms with Crippen molar-refractivity contribution in [3.63, 3.8) is 0 Å². The van der Waals surface area contributed by atoms with E-state index in [1.54, 1.807) is 0 Å². The van der Waals surface area contributed by atoms with Crippen molar-refractivity contribution in [3.8, 4) is 0 Å². The second kappa shape index (κ2) is 5.53. The molecule has 0 fully saturated rings. The lowest BCUT2D eigenvalue weighted by atomic mass is 10.0. The number of carbonyl (C=O) groups excluding carboxylic acids is 1. The average molecular weight is 273 g/mol.